The molecule has 5 rings (SSSR count). The van der Waals surface area contributed by atoms with E-state index in [2.05, 4.69) is 5.10 Å². The first-order valence-corrected chi connectivity index (χ1v) is 10.6. The van der Waals surface area contributed by atoms with Gasteiger partial charge in [-0.3, -0.25) is 14.4 Å². The standard InChI is InChI=1S/C22H22FN5O5/c1-25-6-7-27-17-15(19(29)18(27)22(25)32)20(30)28(12-13-2-4-14(23)5-3-13)24-16(17)21(31)26-8-10-33-11-9-26/h2-5,29H,6-12H2,1H3. The highest BCUT2D eigenvalue weighted by atomic mass is 19.1. The van der Waals surface area contributed by atoms with Gasteiger partial charge in [0.1, 0.15) is 11.2 Å². The zero-order valence-corrected chi connectivity index (χ0v) is 18.0. The predicted molar refractivity (Wildman–Crippen MR) is 115 cm³/mol. The summed E-state index contributed by atoms with van der Waals surface area (Å²) in [5.41, 5.74) is 0.0543. The number of ether oxygens (including phenoxy) is 1. The van der Waals surface area contributed by atoms with Crippen LogP contribution >= 0.6 is 0 Å². The van der Waals surface area contributed by atoms with E-state index in [1.165, 1.54) is 33.7 Å². The molecule has 1 aromatic carbocycles. The topological polar surface area (TPSA) is 110 Å². The number of rotatable bonds is 3. The van der Waals surface area contributed by atoms with Gasteiger partial charge >= 0.3 is 0 Å². The van der Waals surface area contributed by atoms with Crippen LogP contribution in [0.25, 0.3) is 10.9 Å². The second-order valence-electron chi connectivity index (χ2n) is 8.14. The number of carbonyl (C=O) groups is 2. The molecule has 0 atom stereocenters. The number of hydrogen-bond donors (Lipinski definition) is 1. The highest BCUT2D eigenvalue weighted by molar-refractivity contribution is 6.10. The summed E-state index contributed by atoms with van der Waals surface area (Å²) in [6.45, 7) is 2.11. The molecule has 4 heterocycles. The minimum atomic E-state index is -0.636. The van der Waals surface area contributed by atoms with Crippen LogP contribution in [0.5, 0.6) is 5.75 Å². The van der Waals surface area contributed by atoms with Crippen LogP contribution in [0, 0.1) is 5.82 Å². The van der Waals surface area contributed by atoms with Gasteiger partial charge in [-0.25, -0.2) is 9.07 Å². The van der Waals surface area contributed by atoms with E-state index in [0.29, 0.717) is 45.0 Å². The Hall–Kier alpha value is -3.73. The molecule has 2 aliphatic rings. The minimum Gasteiger partial charge on any atom is -0.505 e. The molecule has 0 saturated carbocycles. The minimum absolute atomic E-state index is 0.0208. The van der Waals surface area contributed by atoms with E-state index in [4.69, 9.17) is 4.74 Å². The third-order valence-corrected chi connectivity index (χ3v) is 6.09. The Kier molecular flexibility index (Phi) is 5.12. The lowest BCUT2D eigenvalue weighted by atomic mass is 10.2. The SMILES string of the molecule is CN1CCn2c(c(O)c3c(=O)n(Cc4ccc(F)cc4)nc(C(=O)N4CCOCC4)c32)C1=O. The Bertz CT molecular complexity index is 1320. The average Bonchev–Trinajstić information content (AvgIpc) is 3.13. The summed E-state index contributed by atoms with van der Waals surface area (Å²) in [5.74, 6) is -1.73. The van der Waals surface area contributed by atoms with Gasteiger partial charge in [0.2, 0.25) is 0 Å². The molecule has 33 heavy (non-hydrogen) atoms. The van der Waals surface area contributed by atoms with Crippen LogP contribution in [0.4, 0.5) is 4.39 Å². The fourth-order valence-electron chi connectivity index (χ4n) is 4.30. The first kappa shape index (κ1) is 21.1. The number of hydrogen-bond acceptors (Lipinski definition) is 6. The molecule has 0 aliphatic carbocycles. The van der Waals surface area contributed by atoms with Crippen molar-refractivity contribution >= 4 is 22.7 Å². The molecule has 0 bridgehead atoms. The molecule has 1 saturated heterocycles. The van der Waals surface area contributed by atoms with Crippen LogP contribution in [-0.2, 0) is 17.8 Å². The fraction of sp³-hybridized carbons (Fsp3) is 0.364. The molecule has 172 valence electrons. The Morgan fingerprint density at radius 1 is 1.12 bits per heavy atom. The molecule has 3 aromatic rings. The maximum Gasteiger partial charge on any atom is 0.280 e. The van der Waals surface area contributed by atoms with E-state index < -0.39 is 28.9 Å². The summed E-state index contributed by atoms with van der Waals surface area (Å²) >= 11 is 0. The number of fused-ring (bicyclic) bond motifs is 3. The van der Waals surface area contributed by atoms with Gasteiger partial charge in [0.05, 0.1) is 25.3 Å². The first-order valence-electron chi connectivity index (χ1n) is 10.6. The second-order valence-corrected chi connectivity index (χ2v) is 8.14. The van der Waals surface area contributed by atoms with E-state index in [9.17, 15) is 23.9 Å². The molecule has 2 aromatic heterocycles. The van der Waals surface area contributed by atoms with Crippen molar-refractivity contribution < 1.29 is 23.8 Å². The number of halogens is 1. The summed E-state index contributed by atoms with van der Waals surface area (Å²) in [5, 5.41) is 15.2. The van der Waals surface area contributed by atoms with Crippen molar-refractivity contribution in [3.63, 3.8) is 0 Å². The Morgan fingerprint density at radius 3 is 2.52 bits per heavy atom. The van der Waals surface area contributed by atoms with Gasteiger partial charge < -0.3 is 24.2 Å². The summed E-state index contributed by atoms with van der Waals surface area (Å²) < 4.78 is 21.2. The Balaban J connectivity index is 1.74. The van der Waals surface area contributed by atoms with E-state index in [-0.39, 0.29) is 28.8 Å². The molecule has 2 aliphatic heterocycles. The van der Waals surface area contributed by atoms with Crippen LogP contribution < -0.4 is 5.56 Å². The number of benzene rings is 1. The third-order valence-electron chi connectivity index (χ3n) is 6.09. The van der Waals surface area contributed by atoms with Gasteiger partial charge in [0.25, 0.3) is 17.4 Å². The van der Waals surface area contributed by atoms with Crippen molar-refractivity contribution in [2.24, 2.45) is 0 Å². The van der Waals surface area contributed by atoms with E-state index >= 15 is 0 Å². The molecule has 0 unspecified atom stereocenters. The number of morpholine rings is 1. The summed E-state index contributed by atoms with van der Waals surface area (Å²) in [6, 6.07) is 5.56. The van der Waals surface area contributed by atoms with Crippen LogP contribution in [-0.4, -0.2) is 81.0 Å². The summed E-state index contributed by atoms with van der Waals surface area (Å²) in [7, 11) is 1.60. The van der Waals surface area contributed by atoms with Gasteiger partial charge in [0.15, 0.2) is 17.1 Å². The molecule has 0 radical (unpaired) electrons. The number of carbonyl (C=O) groups excluding carboxylic acids is 2. The number of aromatic hydroxyl groups is 1. The zero-order chi connectivity index (χ0) is 23.3. The largest absolute Gasteiger partial charge is 0.505 e. The quantitative estimate of drug-likeness (QED) is 0.621. The fourth-order valence-corrected chi connectivity index (χ4v) is 4.30. The molecule has 0 spiro atoms. The monoisotopic (exact) mass is 455 g/mol. The lowest BCUT2D eigenvalue weighted by Crippen LogP contribution is -2.42. The van der Waals surface area contributed by atoms with Crippen LogP contribution in [0.15, 0.2) is 29.1 Å². The predicted octanol–water partition coefficient (Wildman–Crippen LogP) is 0.649. The number of aromatic nitrogens is 3. The normalized spacial score (nSPS) is 16.4. The maximum absolute atomic E-state index is 13.5. The van der Waals surface area contributed by atoms with E-state index in [1.54, 1.807) is 11.9 Å². The van der Waals surface area contributed by atoms with Gasteiger partial charge in [-0.1, -0.05) is 12.1 Å². The van der Waals surface area contributed by atoms with Crippen LogP contribution in [0.1, 0.15) is 26.5 Å². The maximum atomic E-state index is 13.5. The molecule has 10 nitrogen and oxygen atoms in total. The Labute approximate surface area is 187 Å². The van der Waals surface area contributed by atoms with Gasteiger partial charge in [-0.05, 0) is 17.7 Å². The summed E-state index contributed by atoms with van der Waals surface area (Å²) in [6.07, 6.45) is 0. The van der Waals surface area contributed by atoms with Crippen LogP contribution in [0.2, 0.25) is 0 Å². The highest BCUT2D eigenvalue weighted by Gasteiger charge is 2.35. The van der Waals surface area contributed by atoms with Gasteiger partial charge in [-0.15, -0.1) is 0 Å². The molecule has 1 fully saturated rings. The van der Waals surface area contributed by atoms with Gasteiger partial charge in [0, 0.05) is 33.2 Å². The van der Waals surface area contributed by atoms with E-state index in [1.807, 2.05) is 0 Å². The summed E-state index contributed by atoms with van der Waals surface area (Å²) in [4.78, 5) is 42.6. The van der Waals surface area contributed by atoms with Crippen molar-refractivity contribution in [1.82, 2.24) is 24.1 Å². The van der Waals surface area contributed by atoms with Crippen LogP contribution in [0.3, 0.4) is 0 Å². The van der Waals surface area contributed by atoms with Crippen molar-refractivity contribution in [1.29, 1.82) is 0 Å². The zero-order valence-electron chi connectivity index (χ0n) is 18.0. The number of amides is 2. The second kappa shape index (κ2) is 8.00. The molecular formula is C22H22FN5O5. The third kappa shape index (κ3) is 3.44. The number of likely N-dealkylation sites (N-methyl/N-ethyl adjacent to an activating group) is 1. The molecule has 1 N–H and O–H groups in total. The molecule has 2 amide bonds. The number of nitrogens with zero attached hydrogens (tertiary/aromatic N) is 5. The first-order chi connectivity index (χ1) is 15.9. The van der Waals surface area contributed by atoms with E-state index in [0.717, 1.165) is 4.68 Å². The van der Waals surface area contributed by atoms with Gasteiger partial charge in [-0.2, -0.15) is 5.10 Å². The van der Waals surface area contributed by atoms with Crippen molar-refractivity contribution in [2.75, 3.05) is 39.9 Å². The molecule has 11 heteroatoms. The van der Waals surface area contributed by atoms with Crippen molar-refractivity contribution in [3.8, 4) is 5.75 Å². The van der Waals surface area contributed by atoms with Crippen molar-refractivity contribution in [3.05, 3.63) is 57.4 Å². The molecular weight excluding hydrogens is 433 g/mol. The highest BCUT2D eigenvalue weighted by Crippen LogP contribution is 2.34. The van der Waals surface area contributed by atoms with Crippen molar-refractivity contribution in [2.45, 2.75) is 13.1 Å². The smallest absolute Gasteiger partial charge is 0.280 e. The lowest BCUT2D eigenvalue weighted by Gasteiger charge is -2.28. The lowest BCUT2D eigenvalue weighted by molar-refractivity contribution is 0.0298. The average molecular weight is 455 g/mol. The Morgan fingerprint density at radius 2 is 1.82 bits per heavy atom.